The van der Waals surface area contributed by atoms with E-state index in [2.05, 4.69) is 11.9 Å². The first kappa shape index (κ1) is 12.5. The minimum atomic E-state index is -0.0291. The quantitative estimate of drug-likeness (QED) is 0.828. The molecule has 1 aromatic rings. The van der Waals surface area contributed by atoms with Crippen LogP contribution in [0, 0.1) is 0 Å². The Hall–Kier alpha value is -1.97. The summed E-state index contributed by atoms with van der Waals surface area (Å²) >= 11 is 0. The zero-order valence-corrected chi connectivity index (χ0v) is 10.7. The van der Waals surface area contributed by atoms with Gasteiger partial charge in [0.15, 0.2) is 11.5 Å². The van der Waals surface area contributed by atoms with E-state index in [1.54, 1.807) is 20.3 Å². The molecule has 0 radical (unpaired) electrons. The lowest BCUT2D eigenvalue weighted by Crippen LogP contribution is -2.35. The SMILES string of the molecule is C=CC[C@@H]1NC(=O)Cc2cc(OC)c(OC)cc21. The van der Waals surface area contributed by atoms with Crippen molar-refractivity contribution in [1.29, 1.82) is 0 Å². The van der Waals surface area contributed by atoms with E-state index in [9.17, 15) is 4.79 Å². The van der Waals surface area contributed by atoms with Gasteiger partial charge in [-0.3, -0.25) is 4.79 Å². The average Bonchev–Trinajstić information content (AvgIpc) is 2.37. The summed E-state index contributed by atoms with van der Waals surface area (Å²) < 4.78 is 10.5. The molecule has 1 aromatic carbocycles. The second-order valence-electron chi connectivity index (χ2n) is 4.23. The van der Waals surface area contributed by atoms with Gasteiger partial charge >= 0.3 is 0 Å². The van der Waals surface area contributed by atoms with Crippen LogP contribution in [0.5, 0.6) is 11.5 Å². The van der Waals surface area contributed by atoms with Crippen LogP contribution < -0.4 is 14.8 Å². The summed E-state index contributed by atoms with van der Waals surface area (Å²) in [6.45, 7) is 3.72. The molecule has 1 aliphatic heterocycles. The third kappa shape index (κ3) is 2.18. The van der Waals surface area contributed by atoms with E-state index in [0.29, 0.717) is 24.3 Å². The molecule has 1 aliphatic rings. The summed E-state index contributed by atoms with van der Waals surface area (Å²) in [4.78, 5) is 11.6. The van der Waals surface area contributed by atoms with Crippen molar-refractivity contribution in [2.75, 3.05) is 14.2 Å². The molecule has 2 rings (SSSR count). The highest BCUT2D eigenvalue weighted by Crippen LogP contribution is 2.36. The number of hydrogen-bond acceptors (Lipinski definition) is 3. The van der Waals surface area contributed by atoms with E-state index in [0.717, 1.165) is 11.1 Å². The van der Waals surface area contributed by atoms with Gasteiger partial charge in [-0.25, -0.2) is 0 Å². The second kappa shape index (κ2) is 5.12. The number of nitrogens with one attached hydrogen (secondary N) is 1. The number of amides is 1. The van der Waals surface area contributed by atoms with E-state index < -0.39 is 0 Å². The molecule has 1 N–H and O–H groups in total. The predicted molar refractivity (Wildman–Crippen MR) is 68.9 cm³/mol. The lowest BCUT2D eigenvalue weighted by molar-refractivity contribution is -0.121. The van der Waals surface area contributed by atoms with E-state index in [1.807, 2.05) is 12.1 Å². The molecule has 0 spiro atoms. The van der Waals surface area contributed by atoms with Gasteiger partial charge in [0.25, 0.3) is 0 Å². The van der Waals surface area contributed by atoms with E-state index in [4.69, 9.17) is 9.47 Å². The fourth-order valence-electron chi connectivity index (χ4n) is 2.26. The summed E-state index contributed by atoms with van der Waals surface area (Å²) in [6.07, 6.45) is 2.88. The van der Waals surface area contributed by atoms with Gasteiger partial charge in [0.1, 0.15) is 0 Å². The smallest absolute Gasteiger partial charge is 0.224 e. The Morgan fingerprint density at radius 2 is 2.06 bits per heavy atom. The number of hydrogen-bond donors (Lipinski definition) is 1. The molecule has 4 nitrogen and oxygen atoms in total. The minimum Gasteiger partial charge on any atom is -0.493 e. The maximum Gasteiger partial charge on any atom is 0.224 e. The van der Waals surface area contributed by atoms with E-state index in [-0.39, 0.29) is 11.9 Å². The lowest BCUT2D eigenvalue weighted by Gasteiger charge is -2.27. The van der Waals surface area contributed by atoms with Crippen molar-refractivity contribution in [2.24, 2.45) is 0 Å². The molecule has 0 unspecified atom stereocenters. The Morgan fingerprint density at radius 3 is 2.67 bits per heavy atom. The topological polar surface area (TPSA) is 47.6 Å². The molecule has 96 valence electrons. The highest BCUT2D eigenvalue weighted by molar-refractivity contribution is 5.82. The van der Waals surface area contributed by atoms with Crippen LogP contribution in [0.4, 0.5) is 0 Å². The first-order valence-electron chi connectivity index (χ1n) is 5.84. The molecule has 0 saturated heterocycles. The lowest BCUT2D eigenvalue weighted by atomic mass is 9.91. The van der Waals surface area contributed by atoms with Crippen LogP contribution in [0.3, 0.4) is 0 Å². The highest BCUT2D eigenvalue weighted by Gasteiger charge is 2.25. The third-order valence-electron chi connectivity index (χ3n) is 3.11. The van der Waals surface area contributed by atoms with Crippen LogP contribution in [0.25, 0.3) is 0 Å². The number of fused-ring (bicyclic) bond motifs is 1. The van der Waals surface area contributed by atoms with E-state index in [1.165, 1.54) is 0 Å². The zero-order valence-electron chi connectivity index (χ0n) is 10.7. The predicted octanol–water partition coefficient (Wildman–Crippen LogP) is 1.99. The highest BCUT2D eigenvalue weighted by atomic mass is 16.5. The monoisotopic (exact) mass is 247 g/mol. The fourth-order valence-corrected chi connectivity index (χ4v) is 2.26. The van der Waals surface area contributed by atoms with Gasteiger partial charge < -0.3 is 14.8 Å². The van der Waals surface area contributed by atoms with Crippen molar-refractivity contribution in [3.05, 3.63) is 35.9 Å². The molecular formula is C14H17NO3. The molecule has 0 fully saturated rings. The Morgan fingerprint density at radius 1 is 1.39 bits per heavy atom. The summed E-state index contributed by atoms with van der Waals surface area (Å²) in [6, 6.07) is 3.78. The Bertz CT molecular complexity index is 482. The minimum absolute atomic E-state index is 0.0291. The van der Waals surface area contributed by atoms with Gasteiger partial charge in [-0.05, 0) is 29.7 Å². The number of carbonyl (C=O) groups is 1. The molecule has 18 heavy (non-hydrogen) atoms. The standard InChI is InChI=1S/C14H17NO3/c1-4-5-11-10-8-13(18-3)12(17-2)6-9(10)7-14(16)15-11/h4,6,8,11H,1,5,7H2,2-3H3,(H,15,16)/t11-/m0/s1. The Kier molecular flexibility index (Phi) is 3.55. The summed E-state index contributed by atoms with van der Waals surface area (Å²) in [5, 5.41) is 2.96. The van der Waals surface area contributed by atoms with Crippen LogP contribution >= 0.6 is 0 Å². The van der Waals surface area contributed by atoms with Gasteiger partial charge in [0.2, 0.25) is 5.91 Å². The Balaban J connectivity index is 2.49. The summed E-state index contributed by atoms with van der Waals surface area (Å²) in [5.74, 6) is 1.37. The fraction of sp³-hybridized carbons (Fsp3) is 0.357. The molecule has 0 aromatic heterocycles. The first-order chi connectivity index (χ1) is 8.69. The maximum atomic E-state index is 11.6. The van der Waals surface area contributed by atoms with Crippen molar-refractivity contribution < 1.29 is 14.3 Å². The van der Waals surface area contributed by atoms with Crippen molar-refractivity contribution in [1.82, 2.24) is 5.32 Å². The van der Waals surface area contributed by atoms with Crippen molar-refractivity contribution >= 4 is 5.91 Å². The molecule has 0 saturated carbocycles. The molecular weight excluding hydrogens is 230 g/mol. The number of rotatable bonds is 4. The van der Waals surface area contributed by atoms with Crippen molar-refractivity contribution in [3.63, 3.8) is 0 Å². The summed E-state index contributed by atoms with van der Waals surface area (Å²) in [5.41, 5.74) is 2.07. The van der Waals surface area contributed by atoms with Crippen molar-refractivity contribution in [2.45, 2.75) is 18.9 Å². The summed E-state index contributed by atoms with van der Waals surface area (Å²) in [7, 11) is 3.20. The van der Waals surface area contributed by atoms with Crippen LogP contribution in [-0.2, 0) is 11.2 Å². The van der Waals surface area contributed by atoms with Gasteiger partial charge in [-0.15, -0.1) is 6.58 Å². The van der Waals surface area contributed by atoms with Crippen LogP contribution in [0.1, 0.15) is 23.6 Å². The zero-order chi connectivity index (χ0) is 13.1. The normalized spacial score (nSPS) is 17.7. The van der Waals surface area contributed by atoms with Gasteiger partial charge in [-0.1, -0.05) is 6.08 Å². The largest absolute Gasteiger partial charge is 0.493 e. The number of methoxy groups -OCH3 is 2. The third-order valence-corrected chi connectivity index (χ3v) is 3.11. The second-order valence-corrected chi connectivity index (χ2v) is 4.23. The Labute approximate surface area is 107 Å². The first-order valence-corrected chi connectivity index (χ1v) is 5.84. The molecule has 1 heterocycles. The van der Waals surface area contributed by atoms with Crippen LogP contribution in [0.2, 0.25) is 0 Å². The number of carbonyl (C=O) groups excluding carboxylic acids is 1. The average molecular weight is 247 g/mol. The molecule has 1 amide bonds. The van der Waals surface area contributed by atoms with Crippen molar-refractivity contribution in [3.8, 4) is 11.5 Å². The van der Waals surface area contributed by atoms with Gasteiger partial charge in [0, 0.05) is 0 Å². The molecule has 4 heteroatoms. The molecule has 0 bridgehead atoms. The molecule has 0 aliphatic carbocycles. The van der Waals surface area contributed by atoms with Gasteiger partial charge in [0.05, 0.1) is 26.7 Å². The maximum absolute atomic E-state index is 11.6. The van der Waals surface area contributed by atoms with Crippen LogP contribution in [-0.4, -0.2) is 20.1 Å². The number of ether oxygens (including phenoxy) is 2. The van der Waals surface area contributed by atoms with E-state index >= 15 is 0 Å². The van der Waals surface area contributed by atoms with Crippen LogP contribution in [0.15, 0.2) is 24.8 Å². The number of benzene rings is 1. The van der Waals surface area contributed by atoms with Gasteiger partial charge in [-0.2, -0.15) is 0 Å². The molecule has 1 atom stereocenters.